The molecule has 0 saturated heterocycles. The van der Waals surface area contributed by atoms with E-state index in [2.05, 4.69) is 38.9 Å². The molecule has 62 valence electrons. The van der Waals surface area contributed by atoms with Gasteiger partial charge in [-0.2, -0.15) is 0 Å². The van der Waals surface area contributed by atoms with E-state index in [4.69, 9.17) is 0 Å². The molecule has 0 bridgehead atoms. The van der Waals surface area contributed by atoms with E-state index in [0.717, 1.165) is 12.1 Å². The number of aliphatic imine (C=N–C) groups is 1. The Kier molecular flexibility index (Phi) is 3.80. The van der Waals surface area contributed by atoms with Crippen molar-refractivity contribution in [3.8, 4) is 0 Å². The molecule has 0 aromatic heterocycles. The third-order valence-corrected chi connectivity index (χ3v) is 2.00. The maximum Gasteiger partial charge on any atom is 0.0453 e. The summed E-state index contributed by atoms with van der Waals surface area (Å²) in [7, 11) is 0. The van der Waals surface area contributed by atoms with Gasteiger partial charge in [-0.25, -0.2) is 0 Å². The predicted molar refractivity (Wildman–Crippen MR) is 51.9 cm³/mol. The highest BCUT2D eigenvalue weighted by atomic mass is 14.7. The summed E-state index contributed by atoms with van der Waals surface area (Å²) in [6.45, 7) is 13.7. The lowest BCUT2D eigenvalue weighted by Crippen LogP contribution is -2.20. The van der Waals surface area contributed by atoms with Gasteiger partial charge in [-0.05, 0) is 12.5 Å². The first-order chi connectivity index (χ1) is 5.08. The van der Waals surface area contributed by atoms with Crippen LogP contribution in [0.1, 0.15) is 27.2 Å². The molecule has 0 rings (SSSR count). The van der Waals surface area contributed by atoms with E-state index in [1.54, 1.807) is 12.3 Å². The molecule has 0 aliphatic carbocycles. The molecule has 0 amide bonds. The first-order valence-electron chi connectivity index (χ1n) is 3.90. The van der Waals surface area contributed by atoms with Gasteiger partial charge in [0.15, 0.2) is 0 Å². The number of nitrogens with zero attached hydrogens (tertiary/aromatic N) is 1. The van der Waals surface area contributed by atoms with Gasteiger partial charge in [-0.1, -0.05) is 33.9 Å². The molecular formula is C10H17N. The Morgan fingerprint density at radius 1 is 1.45 bits per heavy atom. The average molecular weight is 151 g/mol. The SMILES string of the molecule is C=CN=C(C=C)C(C)(C)CC. The quantitative estimate of drug-likeness (QED) is 0.547. The van der Waals surface area contributed by atoms with Crippen molar-refractivity contribution >= 4 is 5.71 Å². The van der Waals surface area contributed by atoms with E-state index in [9.17, 15) is 0 Å². The van der Waals surface area contributed by atoms with Crippen LogP contribution in [0.2, 0.25) is 0 Å². The van der Waals surface area contributed by atoms with E-state index < -0.39 is 0 Å². The highest BCUT2D eigenvalue weighted by molar-refractivity contribution is 5.99. The van der Waals surface area contributed by atoms with Gasteiger partial charge < -0.3 is 0 Å². The second-order valence-electron chi connectivity index (χ2n) is 3.14. The Morgan fingerprint density at radius 2 is 2.00 bits per heavy atom. The molecular weight excluding hydrogens is 134 g/mol. The largest absolute Gasteiger partial charge is 0.261 e. The van der Waals surface area contributed by atoms with Crippen molar-refractivity contribution in [1.29, 1.82) is 0 Å². The van der Waals surface area contributed by atoms with Gasteiger partial charge in [-0.15, -0.1) is 0 Å². The number of hydrogen-bond donors (Lipinski definition) is 0. The second kappa shape index (κ2) is 4.12. The Balaban J connectivity index is 4.62. The van der Waals surface area contributed by atoms with Crippen molar-refractivity contribution < 1.29 is 0 Å². The molecule has 11 heavy (non-hydrogen) atoms. The van der Waals surface area contributed by atoms with Crippen LogP contribution in [0.5, 0.6) is 0 Å². The minimum Gasteiger partial charge on any atom is -0.261 e. The van der Waals surface area contributed by atoms with Crippen LogP contribution in [0, 0.1) is 5.41 Å². The van der Waals surface area contributed by atoms with E-state index in [-0.39, 0.29) is 5.41 Å². The van der Waals surface area contributed by atoms with Gasteiger partial charge in [-0.3, -0.25) is 4.99 Å². The van der Waals surface area contributed by atoms with E-state index in [1.807, 2.05) is 0 Å². The molecule has 0 radical (unpaired) electrons. The van der Waals surface area contributed by atoms with Crippen LogP contribution < -0.4 is 0 Å². The zero-order chi connectivity index (χ0) is 8.91. The van der Waals surface area contributed by atoms with Crippen molar-refractivity contribution in [2.24, 2.45) is 10.4 Å². The van der Waals surface area contributed by atoms with Crippen LogP contribution in [-0.4, -0.2) is 5.71 Å². The first kappa shape index (κ1) is 10.2. The van der Waals surface area contributed by atoms with Gasteiger partial charge in [0, 0.05) is 17.3 Å². The zero-order valence-electron chi connectivity index (χ0n) is 7.72. The Hall–Kier alpha value is -0.850. The summed E-state index contributed by atoms with van der Waals surface area (Å²) >= 11 is 0. The van der Waals surface area contributed by atoms with E-state index >= 15 is 0 Å². The van der Waals surface area contributed by atoms with Gasteiger partial charge in [0.2, 0.25) is 0 Å². The van der Waals surface area contributed by atoms with Crippen molar-refractivity contribution in [2.45, 2.75) is 27.2 Å². The fraction of sp³-hybridized carbons (Fsp3) is 0.500. The smallest absolute Gasteiger partial charge is 0.0453 e. The molecule has 0 unspecified atom stereocenters. The molecule has 0 aromatic carbocycles. The predicted octanol–water partition coefficient (Wildman–Crippen LogP) is 3.19. The molecule has 0 spiro atoms. The van der Waals surface area contributed by atoms with Crippen LogP contribution in [0.15, 0.2) is 30.4 Å². The van der Waals surface area contributed by atoms with Crippen molar-refractivity contribution in [1.82, 2.24) is 0 Å². The summed E-state index contributed by atoms with van der Waals surface area (Å²) in [4.78, 5) is 4.15. The van der Waals surface area contributed by atoms with Crippen molar-refractivity contribution in [3.05, 3.63) is 25.4 Å². The van der Waals surface area contributed by atoms with E-state index in [0.29, 0.717) is 0 Å². The van der Waals surface area contributed by atoms with Crippen LogP contribution in [-0.2, 0) is 0 Å². The standard InChI is InChI=1S/C10H17N/c1-6-9(11-8-3)10(4,5)7-2/h6,8H,1,3,7H2,2,4-5H3. The highest BCUT2D eigenvalue weighted by Gasteiger charge is 2.19. The highest BCUT2D eigenvalue weighted by Crippen LogP contribution is 2.22. The summed E-state index contributed by atoms with van der Waals surface area (Å²) < 4.78 is 0. The Labute approximate surface area is 69.5 Å². The normalized spacial score (nSPS) is 12.8. The molecule has 0 fully saturated rings. The summed E-state index contributed by atoms with van der Waals surface area (Å²) in [5.74, 6) is 0. The first-order valence-corrected chi connectivity index (χ1v) is 3.90. The second-order valence-corrected chi connectivity index (χ2v) is 3.14. The lowest BCUT2D eigenvalue weighted by molar-refractivity contribution is 0.505. The maximum absolute atomic E-state index is 4.15. The van der Waals surface area contributed by atoms with Gasteiger partial charge in [0.25, 0.3) is 0 Å². The molecule has 1 nitrogen and oxygen atoms in total. The van der Waals surface area contributed by atoms with Crippen LogP contribution >= 0.6 is 0 Å². The maximum atomic E-state index is 4.15. The number of rotatable bonds is 4. The molecule has 0 aromatic rings. The fourth-order valence-electron chi connectivity index (χ4n) is 0.783. The fourth-order valence-corrected chi connectivity index (χ4v) is 0.783. The third kappa shape index (κ3) is 2.71. The molecule has 0 aliphatic rings. The van der Waals surface area contributed by atoms with Gasteiger partial charge in [0.1, 0.15) is 0 Å². The minimum absolute atomic E-state index is 0.121. The lowest BCUT2D eigenvalue weighted by Gasteiger charge is -2.22. The monoisotopic (exact) mass is 151 g/mol. The van der Waals surface area contributed by atoms with E-state index in [1.165, 1.54) is 0 Å². The average Bonchev–Trinajstić information content (AvgIpc) is 2.00. The summed E-state index contributed by atoms with van der Waals surface area (Å²) in [6.07, 6.45) is 4.42. The molecule has 0 N–H and O–H groups in total. The van der Waals surface area contributed by atoms with Crippen LogP contribution in [0.4, 0.5) is 0 Å². The number of allylic oxidation sites excluding steroid dienone is 1. The summed E-state index contributed by atoms with van der Waals surface area (Å²) in [5, 5.41) is 0. The molecule has 0 atom stereocenters. The zero-order valence-corrected chi connectivity index (χ0v) is 7.72. The number of hydrogen-bond acceptors (Lipinski definition) is 1. The van der Waals surface area contributed by atoms with Gasteiger partial charge >= 0.3 is 0 Å². The van der Waals surface area contributed by atoms with Crippen molar-refractivity contribution in [2.75, 3.05) is 0 Å². The molecule has 1 heteroatoms. The molecule has 0 aliphatic heterocycles. The molecule has 0 heterocycles. The molecule has 0 saturated carbocycles. The van der Waals surface area contributed by atoms with Crippen LogP contribution in [0.25, 0.3) is 0 Å². The van der Waals surface area contributed by atoms with Crippen LogP contribution in [0.3, 0.4) is 0 Å². The topological polar surface area (TPSA) is 12.4 Å². The summed E-state index contributed by atoms with van der Waals surface area (Å²) in [5.41, 5.74) is 1.13. The third-order valence-electron chi connectivity index (χ3n) is 2.00. The Morgan fingerprint density at radius 3 is 2.27 bits per heavy atom. The Bertz CT molecular complexity index is 175. The van der Waals surface area contributed by atoms with Gasteiger partial charge in [0.05, 0.1) is 0 Å². The van der Waals surface area contributed by atoms with Crippen molar-refractivity contribution in [3.63, 3.8) is 0 Å². The minimum atomic E-state index is 0.121. The summed E-state index contributed by atoms with van der Waals surface area (Å²) in [6, 6.07) is 0. The lowest BCUT2D eigenvalue weighted by atomic mass is 9.84.